The monoisotopic (exact) mass is 386 g/mol. The highest BCUT2D eigenvalue weighted by molar-refractivity contribution is 14.1. The minimum Gasteiger partial charge on any atom is -0.374 e. The van der Waals surface area contributed by atoms with Crippen LogP contribution in [0.2, 0.25) is 0 Å². The van der Waals surface area contributed by atoms with E-state index in [4.69, 9.17) is 4.74 Å². The molecule has 2 fully saturated rings. The summed E-state index contributed by atoms with van der Waals surface area (Å²) in [4.78, 5) is 2.62. The predicted molar refractivity (Wildman–Crippen MR) is 90.0 cm³/mol. The number of benzene rings is 1. The Balaban J connectivity index is 1.62. The van der Waals surface area contributed by atoms with Gasteiger partial charge in [0.15, 0.2) is 0 Å². The van der Waals surface area contributed by atoms with Gasteiger partial charge in [-0.3, -0.25) is 4.90 Å². The Morgan fingerprint density at radius 2 is 2.20 bits per heavy atom. The van der Waals surface area contributed by atoms with Crippen molar-refractivity contribution in [2.45, 2.75) is 37.5 Å². The summed E-state index contributed by atoms with van der Waals surface area (Å²) in [6.07, 6.45) is 4.00. The third-order valence-electron chi connectivity index (χ3n) is 4.60. The fourth-order valence-corrected chi connectivity index (χ4v) is 3.74. The van der Waals surface area contributed by atoms with Crippen molar-refractivity contribution in [1.82, 2.24) is 10.2 Å². The average molecular weight is 386 g/mol. The van der Waals surface area contributed by atoms with E-state index < -0.39 is 0 Å². The molecule has 20 heavy (non-hydrogen) atoms. The van der Waals surface area contributed by atoms with Gasteiger partial charge in [0.25, 0.3) is 0 Å². The number of ether oxygens (including phenoxy) is 1. The quantitative estimate of drug-likeness (QED) is 0.804. The van der Waals surface area contributed by atoms with Crippen LogP contribution in [0.5, 0.6) is 0 Å². The number of fused-ring (bicyclic) bond motifs is 1. The zero-order chi connectivity index (χ0) is 13.9. The minimum absolute atomic E-state index is 0.314. The zero-order valence-corrected chi connectivity index (χ0v) is 14.2. The van der Waals surface area contributed by atoms with E-state index in [0.29, 0.717) is 18.2 Å². The molecule has 1 aromatic rings. The SMILES string of the molecule is CNC(Cc1ccc(I)cc1)C1CN2CCCC2CO1. The van der Waals surface area contributed by atoms with Gasteiger partial charge in [0.05, 0.1) is 12.7 Å². The molecule has 1 aromatic carbocycles. The molecule has 2 aliphatic heterocycles. The number of morpholine rings is 1. The molecule has 2 heterocycles. The molecular formula is C16H23IN2O. The van der Waals surface area contributed by atoms with Gasteiger partial charge in [0.2, 0.25) is 0 Å². The van der Waals surface area contributed by atoms with Crippen LogP contribution in [-0.4, -0.2) is 49.8 Å². The van der Waals surface area contributed by atoms with Crippen molar-refractivity contribution in [2.75, 3.05) is 26.7 Å². The van der Waals surface area contributed by atoms with Crippen LogP contribution in [0.25, 0.3) is 0 Å². The molecule has 2 saturated heterocycles. The van der Waals surface area contributed by atoms with Crippen LogP contribution < -0.4 is 5.32 Å². The maximum absolute atomic E-state index is 6.14. The highest BCUT2D eigenvalue weighted by Crippen LogP contribution is 2.24. The van der Waals surface area contributed by atoms with E-state index in [0.717, 1.165) is 19.6 Å². The molecule has 2 aliphatic rings. The molecule has 3 atom stereocenters. The lowest BCUT2D eigenvalue weighted by Gasteiger charge is -2.38. The third kappa shape index (κ3) is 3.35. The lowest BCUT2D eigenvalue weighted by atomic mass is 9.99. The Morgan fingerprint density at radius 3 is 2.95 bits per heavy atom. The van der Waals surface area contributed by atoms with Crippen molar-refractivity contribution in [1.29, 1.82) is 0 Å². The highest BCUT2D eigenvalue weighted by Gasteiger charge is 2.35. The highest BCUT2D eigenvalue weighted by atomic mass is 127. The molecule has 1 N–H and O–H groups in total. The molecule has 3 unspecified atom stereocenters. The first kappa shape index (κ1) is 14.8. The standard InChI is InChI=1S/C16H23IN2O/c1-18-15(9-12-4-6-13(17)7-5-12)16-10-19-8-2-3-14(19)11-20-16/h4-7,14-16,18H,2-3,8-11H2,1H3. The number of halogens is 1. The molecule has 0 aliphatic carbocycles. The molecule has 0 saturated carbocycles. The fraction of sp³-hybridized carbons (Fsp3) is 0.625. The van der Waals surface area contributed by atoms with Crippen LogP contribution in [0.15, 0.2) is 24.3 Å². The largest absolute Gasteiger partial charge is 0.374 e. The molecular weight excluding hydrogens is 363 g/mol. The van der Waals surface area contributed by atoms with E-state index in [9.17, 15) is 0 Å². The summed E-state index contributed by atoms with van der Waals surface area (Å²) in [5.74, 6) is 0. The Kier molecular flexibility index (Phi) is 4.96. The van der Waals surface area contributed by atoms with Crippen LogP contribution >= 0.6 is 22.6 Å². The second-order valence-electron chi connectivity index (χ2n) is 5.89. The number of nitrogens with one attached hydrogen (secondary N) is 1. The van der Waals surface area contributed by atoms with Crippen LogP contribution in [0.1, 0.15) is 18.4 Å². The van der Waals surface area contributed by atoms with Gasteiger partial charge in [-0.25, -0.2) is 0 Å². The molecule has 0 radical (unpaired) electrons. The van der Waals surface area contributed by atoms with Gasteiger partial charge in [-0.1, -0.05) is 12.1 Å². The summed E-state index contributed by atoms with van der Waals surface area (Å²) >= 11 is 2.35. The summed E-state index contributed by atoms with van der Waals surface area (Å²) in [7, 11) is 2.05. The second-order valence-corrected chi connectivity index (χ2v) is 7.13. The van der Waals surface area contributed by atoms with E-state index in [1.54, 1.807) is 0 Å². The summed E-state index contributed by atoms with van der Waals surface area (Å²) in [5.41, 5.74) is 1.39. The number of likely N-dealkylation sites (N-methyl/N-ethyl adjacent to an activating group) is 1. The number of hydrogen-bond donors (Lipinski definition) is 1. The number of nitrogens with zero attached hydrogens (tertiary/aromatic N) is 1. The average Bonchev–Trinajstić information content (AvgIpc) is 2.94. The first-order valence-corrected chi connectivity index (χ1v) is 8.61. The minimum atomic E-state index is 0.314. The van der Waals surface area contributed by atoms with Gasteiger partial charge >= 0.3 is 0 Å². The van der Waals surface area contributed by atoms with Crippen LogP contribution in [-0.2, 0) is 11.2 Å². The fourth-order valence-electron chi connectivity index (χ4n) is 3.38. The smallest absolute Gasteiger partial charge is 0.0858 e. The summed E-state index contributed by atoms with van der Waals surface area (Å²) in [5, 5.41) is 3.46. The van der Waals surface area contributed by atoms with Crippen molar-refractivity contribution in [3.05, 3.63) is 33.4 Å². The lowest BCUT2D eigenvalue weighted by molar-refractivity contribution is -0.0634. The molecule has 0 aromatic heterocycles. The Labute approximate surface area is 135 Å². The Bertz CT molecular complexity index is 437. The van der Waals surface area contributed by atoms with Gasteiger partial charge in [-0.15, -0.1) is 0 Å². The maximum Gasteiger partial charge on any atom is 0.0858 e. The van der Waals surface area contributed by atoms with Crippen molar-refractivity contribution >= 4 is 22.6 Å². The molecule has 0 bridgehead atoms. The zero-order valence-electron chi connectivity index (χ0n) is 12.0. The van der Waals surface area contributed by atoms with E-state index in [-0.39, 0.29) is 0 Å². The van der Waals surface area contributed by atoms with Crippen molar-refractivity contribution in [3.63, 3.8) is 0 Å². The van der Waals surface area contributed by atoms with Gasteiger partial charge in [0, 0.05) is 22.2 Å². The number of rotatable bonds is 4. The van der Waals surface area contributed by atoms with Gasteiger partial charge < -0.3 is 10.1 Å². The first-order chi connectivity index (χ1) is 9.76. The topological polar surface area (TPSA) is 24.5 Å². The van der Waals surface area contributed by atoms with Crippen molar-refractivity contribution in [2.24, 2.45) is 0 Å². The van der Waals surface area contributed by atoms with Gasteiger partial charge in [0.1, 0.15) is 0 Å². The molecule has 110 valence electrons. The van der Waals surface area contributed by atoms with Crippen molar-refractivity contribution in [3.8, 4) is 0 Å². The Hall–Kier alpha value is -0.170. The predicted octanol–water partition coefficient (Wildman–Crippen LogP) is 2.28. The molecule has 3 rings (SSSR count). The van der Waals surface area contributed by atoms with Gasteiger partial charge in [-0.2, -0.15) is 0 Å². The normalized spacial score (nSPS) is 28.3. The molecule has 4 heteroatoms. The van der Waals surface area contributed by atoms with Crippen LogP contribution in [0.3, 0.4) is 0 Å². The maximum atomic E-state index is 6.14. The summed E-state index contributed by atoms with van der Waals surface area (Å²) in [6.45, 7) is 3.25. The molecule has 0 amide bonds. The first-order valence-electron chi connectivity index (χ1n) is 7.53. The summed E-state index contributed by atoms with van der Waals surface area (Å²) in [6, 6.07) is 9.90. The van der Waals surface area contributed by atoms with E-state index in [2.05, 4.69) is 64.1 Å². The third-order valence-corrected chi connectivity index (χ3v) is 5.32. The number of hydrogen-bond acceptors (Lipinski definition) is 3. The van der Waals surface area contributed by atoms with Gasteiger partial charge in [-0.05, 0) is 73.1 Å². The van der Waals surface area contributed by atoms with E-state index in [1.165, 1.54) is 28.5 Å². The summed E-state index contributed by atoms with van der Waals surface area (Å²) < 4.78 is 7.43. The van der Waals surface area contributed by atoms with E-state index in [1.807, 2.05) is 0 Å². The Morgan fingerprint density at radius 1 is 1.40 bits per heavy atom. The molecule has 3 nitrogen and oxygen atoms in total. The van der Waals surface area contributed by atoms with E-state index >= 15 is 0 Å². The molecule has 0 spiro atoms. The van der Waals surface area contributed by atoms with Crippen LogP contribution in [0, 0.1) is 3.57 Å². The van der Waals surface area contributed by atoms with Crippen molar-refractivity contribution < 1.29 is 4.74 Å². The second kappa shape index (κ2) is 6.73. The van der Waals surface area contributed by atoms with Crippen LogP contribution in [0.4, 0.5) is 0 Å². The lowest BCUT2D eigenvalue weighted by Crippen LogP contribution is -2.54.